The van der Waals surface area contributed by atoms with Crippen LogP contribution in [0.3, 0.4) is 0 Å². The molecule has 0 unspecified atom stereocenters. The lowest BCUT2D eigenvalue weighted by Crippen LogP contribution is -2.24. The average Bonchev–Trinajstić information content (AvgIpc) is 3.17. The zero-order chi connectivity index (χ0) is 24.5. The third-order valence-corrected chi connectivity index (χ3v) is 5.56. The van der Waals surface area contributed by atoms with Crippen molar-refractivity contribution in [3.63, 3.8) is 0 Å². The van der Waals surface area contributed by atoms with E-state index in [4.69, 9.17) is 10.5 Å². The number of ether oxygens (including phenoxy) is 2. The molecule has 0 saturated heterocycles. The van der Waals surface area contributed by atoms with Crippen molar-refractivity contribution >= 4 is 32.6 Å². The van der Waals surface area contributed by atoms with E-state index in [-0.39, 0.29) is 23.6 Å². The first-order chi connectivity index (χ1) is 16.1. The van der Waals surface area contributed by atoms with Crippen molar-refractivity contribution in [2.45, 2.75) is 12.9 Å². The fraction of sp³-hybridized carbons (Fsp3) is 0.136. The van der Waals surface area contributed by atoms with Crippen molar-refractivity contribution in [3.05, 3.63) is 65.6 Å². The molecule has 0 fully saturated rings. The molecule has 176 valence electrons. The predicted octanol–water partition coefficient (Wildman–Crippen LogP) is 4.92. The van der Waals surface area contributed by atoms with Crippen LogP contribution in [0.15, 0.2) is 48.7 Å². The molecule has 34 heavy (non-hydrogen) atoms. The summed E-state index contributed by atoms with van der Waals surface area (Å²) in [6.45, 7) is -0.390. The van der Waals surface area contributed by atoms with E-state index in [9.17, 15) is 22.4 Å². The van der Waals surface area contributed by atoms with Gasteiger partial charge in [-0.2, -0.15) is 0 Å². The zero-order valence-corrected chi connectivity index (χ0v) is 18.3. The highest BCUT2D eigenvalue weighted by Gasteiger charge is 2.31. The minimum atomic E-state index is -4.92. The highest BCUT2D eigenvalue weighted by Crippen LogP contribution is 2.31. The highest BCUT2D eigenvalue weighted by atomic mass is 32.1. The number of hydrogen-bond acceptors (Lipinski definition) is 7. The molecule has 0 saturated carbocycles. The second-order valence-electron chi connectivity index (χ2n) is 7.00. The molecular weight excluding hydrogens is 476 g/mol. The molecule has 7 nitrogen and oxygen atoms in total. The van der Waals surface area contributed by atoms with Crippen LogP contribution in [0.25, 0.3) is 21.3 Å². The summed E-state index contributed by atoms with van der Waals surface area (Å²) in [6.07, 6.45) is -3.40. The van der Waals surface area contributed by atoms with Gasteiger partial charge in [-0.1, -0.05) is 17.4 Å². The Morgan fingerprint density at radius 2 is 1.94 bits per heavy atom. The van der Waals surface area contributed by atoms with Crippen LogP contribution in [0.4, 0.5) is 22.7 Å². The number of amides is 1. The number of benzene rings is 2. The van der Waals surface area contributed by atoms with E-state index >= 15 is 0 Å². The summed E-state index contributed by atoms with van der Waals surface area (Å²) in [5.74, 6) is -2.03. The van der Waals surface area contributed by atoms with Gasteiger partial charge in [0.15, 0.2) is 5.13 Å². The normalized spacial score (nSPS) is 11.4. The number of pyridine rings is 1. The van der Waals surface area contributed by atoms with E-state index in [1.54, 1.807) is 18.2 Å². The van der Waals surface area contributed by atoms with E-state index in [1.807, 2.05) is 6.07 Å². The Kier molecular flexibility index (Phi) is 6.24. The molecule has 2 aromatic heterocycles. The molecule has 0 aliphatic rings. The van der Waals surface area contributed by atoms with Gasteiger partial charge in [0.05, 0.1) is 17.3 Å². The summed E-state index contributed by atoms with van der Waals surface area (Å²) in [4.78, 5) is 21.2. The minimum Gasteiger partial charge on any atom is -0.480 e. The maximum Gasteiger partial charge on any atom is 0.573 e. The lowest BCUT2D eigenvalue weighted by Gasteiger charge is -2.13. The van der Waals surface area contributed by atoms with Gasteiger partial charge in [0.2, 0.25) is 5.88 Å². The summed E-state index contributed by atoms with van der Waals surface area (Å²) in [5, 5.41) is 2.90. The molecule has 2 aromatic carbocycles. The van der Waals surface area contributed by atoms with Gasteiger partial charge >= 0.3 is 6.36 Å². The number of carbonyl (C=O) groups is 1. The molecule has 4 aromatic rings. The second kappa shape index (κ2) is 9.14. The Morgan fingerprint density at radius 1 is 1.15 bits per heavy atom. The molecule has 4 rings (SSSR count). The van der Waals surface area contributed by atoms with Crippen LogP contribution in [0.5, 0.6) is 11.6 Å². The second-order valence-corrected chi connectivity index (χ2v) is 8.06. The van der Waals surface area contributed by atoms with Crippen LogP contribution in [0.2, 0.25) is 0 Å². The number of nitrogen functional groups attached to an aromatic ring is 1. The van der Waals surface area contributed by atoms with Gasteiger partial charge in [-0.3, -0.25) is 4.79 Å². The predicted molar refractivity (Wildman–Crippen MR) is 118 cm³/mol. The molecule has 0 spiro atoms. The fourth-order valence-corrected chi connectivity index (χ4v) is 3.99. The number of aromatic nitrogens is 2. The number of anilines is 1. The molecule has 12 heteroatoms. The largest absolute Gasteiger partial charge is 0.573 e. The van der Waals surface area contributed by atoms with Crippen LogP contribution in [-0.2, 0) is 6.54 Å². The Labute approximate surface area is 194 Å². The monoisotopic (exact) mass is 492 g/mol. The molecule has 0 aliphatic heterocycles. The quantitative estimate of drug-likeness (QED) is 0.371. The maximum absolute atomic E-state index is 14.1. The van der Waals surface area contributed by atoms with Crippen molar-refractivity contribution in [1.82, 2.24) is 15.3 Å². The van der Waals surface area contributed by atoms with Crippen molar-refractivity contribution in [2.75, 3.05) is 12.8 Å². The van der Waals surface area contributed by atoms with E-state index in [1.165, 1.54) is 24.6 Å². The molecule has 2 heterocycles. The Bertz CT molecular complexity index is 1370. The smallest absolute Gasteiger partial charge is 0.480 e. The van der Waals surface area contributed by atoms with Gasteiger partial charge in [0.25, 0.3) is 5.91 Å². The van der Waals surface area contributed by atoms with Crippen molar-refractivity contribution in [1.29, 1.82) is 0 Å². The van der Waals surface area contributed by atoms with Crippen LogP contribution in [0, 0.1) is 5.82 Å². The molecule has 1 amide bonds. The third-order valence-electron chi connectivity index (χ3n) is 4.72. The number of thiazole rings is 1. The molecule has 0 aliphatic carbocycles. The summed E-state index contributed by atoms with van der Waals surface area (Å²) in [5.41, 5.74) is 7.72. The molecular formula is C22H16F4N4O3S. The molecule has 0 bridgehead atoms. The summed E-state index contributed by atoms with van der Waals surface area (Å²) < 4.78 is 61.2. The van der Waals surface area contributed by atoms with Crippen LogP contribution >= 0.6 is 11.3 Å². The average molecular weight is 492 g/mol. The minimum absolute atomic E-state index is 0.0268. The topological polar surface area (TPSA) is 99.4 Å². The van der Waals surface area contributed by atoms with E-state index in [2.05, 4.69) is 20.0 Å². The van der Waals surface area contributed by atoms with Gasteiger partial charge in [0.1, 0.15) is 17.1 Å². The number of rotatable bonds is 6. The SMILES string of the molecule is COc1ncc(-c2ccc3nc(N)sc3c2)cc1C(=O)NCc1cc(OC(F)(F)F)ccc1F. The first kappa shape index (κ1) is 23.2. The van der Waals surface area contributed by atoms with Crippen molar-refractivity contribution in [2.24, 2.45) is 0 Å². The number of hydrogen-bond donors (Lipinski definition) is 2. The van der Waals surface area contributed by atoms with Crippen molar-refractivity contribution in [3.8, 4) is 22.8 Å². The molecule has 0 atom stereocenters. The van der Waals surface area contributed by atoms with E-state index < -0.39 is 23.8 Å². The van der Waals surface area contributed by atoms with Crippen LogP contribution in [0.1, 0.15) is 15.9 Å². The van der Waals surface area contributed by atoms with Gasteiger partial charge in [-0.05, 0) is 42.0 Å². The number of carbonyl (C=O) groups excluding carboxylic acids is 1. The molecule has 3 N–H and O–H groups in total. The standard InChI is InChI=1S/C22H16F4N4O3S/c1-32-20-15(7-12(9-29-20)11-2-5-17-18(8-11)34-21(27)30-17)19(31)28-10-13-6-14(3-4-16(13)23)33-22(24,25)26/h2-9H,10H2,1H3,(H2,27,30)(H,28,31). The lowest BCUT2D eigenvalue weighted by atomic mass is 10.1. The third kappa shape index (κ3) is 5.17. The van der Waals surface area contributed by atoms with Crippen LogP contribution in [-0.4, -0.2) is 29.3 Å². The molecule has 0 radical (unpaired) electrons. The van der Waals surface area contributed by atoms with Gasteiger partial charge in [0, 0.05) is 23.9 Å². The number of nitrogens with one attached hydrogen (secondary N) is 1. The summed E-state index contributed by atoms with van der Waals surface area (Å²) >= 11 is 1.32. The van der Waals surface area contributed by atoms with Crippen molar-refractivity contribution < 1.29 is 31.8 Å². The number of halogens is 4. The Balaban J connectivity index is 1.57. The van der Waals surface area contributed by atoms with Gasteiger partial charge in [-0.15, -0.1) is 13.2 Å². The maximum atomic E-state index is 14.1. The number of alkyl halides is 3. The number of nitrogens with two attached hydrogens (primary N) is 1. The first-order valence-electron chi connectivity index (χ1n) is 9.66. The lowest BCUT2D eigenvalue weighted by molar-refractivity contribution is -0.274. The first-order valence-corrected chi connectivity index (χ1v) is 10.5. The zero-order valence-electron chi connectivity index (χ0n) is 17.4. The number of fused-ring (bicyclic) bond motifs is 1. The number of methoxy groups -OCH3 is 1. The highest BCUT2D eigenvalue weighted by molar-refractivity contribution is 7.22. The van der Waals surface area contributed by atoms with Gasteiger partial charge in [-0.25, -0.2) is 14.4 Å². The number of nitrogens with zero attached hydrogens (tertiary/aromatic N) is 2. The summed E-state index contributed by atoms with van der Waals surface area (Å²) in [7, 11) is 1.34. The van der Waals surface area contributed by atoms with Gasteiger partial charge < -0.3 is 20.5 Å². The summed E-state index contributed by atoms with van der Waals surface area (Å²) in [6, 6.07) is 9.54. The van der Waals surface area contributed by atoms with E-state index in [0.717, 1.165) is 34.0 Å². The van der Waals surface area contributed by atoms with Crippen LogP contribution < -0.4 is 20.5 Å². The fourth-order valence-electron chi connectivity index (χ4n) is 3.21. The van der Waals surface area contributed by atoms with E-state index in [0.29, 0.717) is 10.7 Å². The Morgan fingerprint density at radius 3 is 2.68 bits per heavy atom. The Hall–Kier alpha value is -3.93.